The van der Waals surface area contributed by atoms with E-state index >= 15 is 0 Å². The van der Waals surface area contributed by atoms with Gasteiger partial charge in [-0.15, -0.1) is 0 Å². The first-order chi connectivity index (χ1) is 14.7. The molecule has 2 aromatic carbocycles. The minimum atomic E-state index is -0.844. The van der Waals surface area contributed by atoms with Crippen LogP contribution < -0.4 is 0 Å². The highest BCUT2D eigenvalue weighted by Crippen LogP contribution is 2.70. The Morgan fingerprint density at radius 1 is 0.903 bits per heavy atom. The molecule has 2 bridgehead atoms. The molecule has 6 rings (SSSR count). The Morgan fingerprint density at radius 2 is 1.29 bits per heavy atom. The van der Waals surface area contributed by atoms with Crippen LogP contribution >= 0.6 is 31.9 Å². The van der Waals surface area contributed by atoms with E-state index in [0.717, 1.165) is 27.2 Å². The van der Waals surface area contributed by atoms with Crippen molar-refractivity contribution in [1.82, 2.24) is 4.90 Å². The van der Waals surface area contributed by atoms with E-state index in [1.807, 2.05) is 62.4 Å². The summed E-state index contributed by atoms with van der Waals surface area (Å²) in [6, 6.07) is 15.8. The van der Waals surface area contributed by atoms with Crippen molar-refractivity contribution >= 4 is 49.6 Å². The lowest BCUT2D eigenvalue weighted by Gasteiger charge is -2.55. The number of alkyl halides is 2. The number of hydrogen-bond acceptors (Lipinski definition) is 4. The zero-order chi connectivity index (χ0) is 22.1. The molecule has 0 unspecified atom stereocenters. The van der Waals surface area contributed by atoms with Gasteiger partial charge >= 0.3 is 5.97 Å². The molecule has 2 aromatic rings. The second-order valence-electron chi connectivity index (χ2n) is 8.81. The molecule has 1 aliphatic heterocycles. The van der Waals surface area contributed by atoms with E-state index in [2.05, 4.69) is 31.9 Å². The van der Waals surface area contributed by atoms with E-state index in [1.165, 1.54) is 0 Å². The second kappa shape index (κ2) is 7.01. The third-order valence-corrected chi connectivity index (χ3v) is 9.24. The molecule has 31 heavy (non-hydrogen) atoms. The van der Waals surface area contributed by atoms with Crippen LogP contribution in [-0.4, -0.2) is 35.8 Å². The summed E-state index contributed by atoms with van der Waals surface area (Å²) in [4.78, 5) is 40.7. The van der Waals surface area contributed by atoms with E-state index in [-0.39, 0.29) is 30.9 Å². The predicted octanol–water partition coefficient (Wildman–Crippen LogP) is 4.09. The largest absolute Gasteiger partial charge is 0.464 e. The molecule has 2 atom stereocenters. The van der Waals surface area contributed by atoms with Crippen molar-refractivity contribution < 1.29 is 19.1 Å². The first kappa shape index (κ1) is 20.9. The zero-order valence-corrected chi connectivity index (χ0v) is 20.3. The minimum Gasteiger partial charge on any atom is -0.464 e. The molecule has 5 nitrogen and oxygen atoms in total. The lowest BCUT2D eigenvalue weighted by atomic mass is 9.54. The SMILES string of the molecule is CC(C)COC(=O)CN1C(=O)[C@@H]2[C@@H](C1=O)C1(Br)c3ccccc3C2(Br)c2ccccc21. The molecule has 4 aliphatic rings. The molecule has 3 aliphatic carbocycles. The molecule has 0 N–H and O–H groups in total. The van der Waals surface area contributed by atoms with Gasteiger partial charge in [-0.3, -0.25) is 19.3 Å². The Kier molecular flexibility index (Phi) is 4.72. The monoisotopic (exact) mass is 545 g/mol. The number of amides is 2. The van der Waals surface area contributed by atoms with E-state index in [1.54, 1.807) is 0 Å². The van der Waals surface area contributed by atoms with Gasteiger partial charge in [0.05, 0.1) is 27.1 Å². The summed E-state index contributed by atoms with van der Waals surface area (Å²) in [5.41, 5.74) is 3.88. The molecular weight excluding hydrogens is 526 g/mol. The van der Waals surface area contributed by atoms with Gasteiger partial charge in [-0.1, -0.05) is 94.2 Å². The summed E-state index contributed by atoms with van der Waals surface area (Å²) in [6.45, 7) is 3.76. The number of nitrogens with zero attached hydrogens (tertiary/aromatic N) is 1. The van der Waals surface area contributed by atoms with Gasteiger partial charge < -0.3 is 4.74 Å². The molecule has 0 saturated carbocycles. The first-order valence-electron chi connectivity index (χ1n) is 10.3. The number of rotatable bonds is 4. The topological polar surface area (TPSA) is 63.7 Å². The molecule has 7 heteroatoms. The number of ether oxygens (including phenoxy) is 1. The number of esters is 1. The van der Waals surface area contributed by atoms with Crippen molar-refractivity contribution in [3.8, 4) is 0 Å². The third-order valence-electron chi connectivity index (χ3n) is 6.54. The predicted molar refractivity (Wildman–Crippen MR) is 122 cm³/mol. The van der Waals surface area contributed by atoms with Crippen LogP contribution in [0.15, 0.2) is 48.5 Å². The maximum absolute atomic E-state index is 13.6. The molecule has 1 heterocycles. The standard InChI is InChI=1S/C24H21Br2NO4/c1-13(2)12-31-18(28)11-27-21(29)19-20(22(27)30)24(26)15-8-4-3-7-14(15)23(19,25)16-9-5-6-10-17(16)24/h3-10,13,19-20H,11-12H2,1-2H3/t19-,20-,23?,24?/m0/s1. The van der Waals surface area contributed by atoms with Crippen LogP contribution in [0.25, 0.3) is 0 Å². The van der Waals surface area contributed by atoms with E-state index in [4.69, 9.17) is 4.74 Å². The fourth-order valence-corrected chi connectivity index (χ4v) is 7.62. The van der Waals surface area contributed by atoms with Crippen molar-refractivity contribution in [2.24, 2.45) is 17.8 Å². The summed E-state index contributed by atoms with van der Waals surface area (Å²) in [5, 5.41) is 0. The highest BCUT2D eigenvalue weighted by Gasteiger charge is 2.72. The number of imide groups is 1. The smallest absolute Gasteiger partial charge is 0.326 e. The summed E-state index contributed by atoms with van der Waals surface area (Å²) in [5.74, 6) is -2.41. The molecule has 1 fully saturated rings. The van der Waals surface area contributed by atoms with Crippen molar-refractivity contribution in [3.63, 3.8) is 0 Å². The zero-order valence-electron chi connectivity index (χ0n) is 17.1. The van der Waals surface area contributed by atoms with Gasteiger partial charge in [0.2, 0.25) is 11.8 Å². The number of carbonyl (C=O) groups is 3. The molecular formula is C24H21Br2NO4. The number of hydrogen-bond donors (Lipinski definition) is 0. The van der Waals surface area contributed by atoms with Gasteiger partial charge in [-0.25, -0.2) is 0 Å². The summed E-state index contributed by atoms with van der Waals surface area (Å²) < 4.78 is 3.56. The quantitative estimate of drug-likeness (QED) is 0.329. The lowest BCUT2D eigenvalue weighted by Crippen LogP contribution is -2.56. The summed E-state index contributed by atoms with van der Waals surface area (Å²) in [7, 11) is 0. The van der Waals surface area contributed by atoms with Gasteiger partial charge in [-0.05, 0) is 28.2 Å². The molecule has 160 valence electrons. The van der Waals surface area contributed by atoms with Crippen LogP contribution in [0, 0.1) is 17.8 Å². The van der Waals surface area contributed by atoms with Crippen LogP contribution in [0.5, 0.6) is 0 Å². The van der Waals surface area contributed by atoms with Crippen LogP contribution in [0.1, 0.15) is 36.1 Å². The highest BCUT2D eigenvalue weighted by molar-refractivity contribution is 9.10. The molecule has 0 radical (unpaired) electrons. The molecule has 0 spiro atoms. The van der Waals surface area contributed by atoms with Crippen molar-refractivity contribution in [1.29, 1.82) is 0 Å². The Morgan fingerprint density at radius 3 is 1.65 bits per heavy atom. The van der Waals surface area contributed by atoms with Gasteiger partial charge in [0.1, 0.15) is 6.54 Å². The third kappa shape index (κ3) is 2.62. The normalized spacial score (nSPS) is 30.3. The average molecular weight is 547 g/mol. The minimum absolute atomic E-state index is 0.174. The maximum Gasteiger partial charge on any atom is 0.326 e. The maximum atomic E-state index is 13.6. The van der Waals surface area contributed by atoms with Crippen LogP contribution in [0.4, 0.5) is 0 Å². The highest BCUT2D eigenvalue weighted by atomic mass is 79.9. The van der Waals surface area contributed by atoms with Crippen LogP contribution in [0.2, 0.25) is 0 Å². The lowest BCUT2D eigenvalue weighted by molar-refractivity contribution is -0.153. The van der Waals surface area contributed by atoms with Gasteiger partial charge in [0.25, 0.3) is 0 Å². The van der Waals surface area contributed by atoms with Gasteiger partial charge in [-0.2, -0.15) is 0 Å². The number of carbonyl (C=O) groups excluding carboxylic acids is 3. The number of benzene rings is 2. The fourth-order valence-electron chi connectivity index (χ4n) is 5.31. The van der Waals surface area contributed by atoms with Crippen molar-refractivity contribution in [3.05, 3.63) is 70.8 Å². The summed E-state index contributed by atoms with van der Waals surface area (Å²) >= 11 is 7.87. The molecule has 1 saturated heterocycles. The first-order valence-corrected chi connectivity index (χ1v) is 11.9. The van der Waals surface area contributed by atoms with E-state index in [9.17, 15) is 14.4 Å². The number of halogens is 2. The van der Waals surface area contributed by atoms with Crippen LogP contribution in [-0.2, 0) is 27.8 Å². The van der Waals surface area contributed by atoms with Crippen LogP contribution in [0.3, 0.4) is 0 Å². The number of likely N-dealkylation sites (tertiary alicyclic amines) is 1. The van der Waals surface area contributed by atoms with Crippen molar-refractivity contribution in [2.75, 3.05) is 13.2 Å². The summed E-state index contributed by atoms with van der Waals surface area (Å²) in [6.07, 6.45) is 0. The Hall–Kier alpha value is -1.99. The average Bonchev–Trinajstić information content (AvgIpc) is 3.02. The Labute approximate surface area is 197 Å². The molecule has 0 aromatic heterocycles. The van der Waals surface area contributed by atoms with Crippen molar-refractivity contribution in [2.45, 2.75) is 22.5 Å². The Balaban J connectivity index is 1.64. The second-order valence-corrected chi connectivity index (χ2v) is 11.3. The van der Waals surface area contributed by atoms with E-state index < -0.39 is 26.5 Å². The molecule has 2 amide bonds. The van der Waals surface area contributed by atoms with E-state index in [0.29, 0.717) is 0 Å². The van der Waals surface area contributed by atoms with Gasteiger partial charge in [0, 0.05) is 0 Å². The Bertz CT molecular complexity index is 1010. The van der Waals surface area contributed by atoms with Gasteiger partial charge in [0.15, 0.2) is 0 Å². The fraction of sp³-hybridized carbons (Fsp3) is 0.375.